The summed E-state index contributed by atoms with van der Waals surface area (Å²) in [6, 6.07) is 5.87. The largest absolute Gasteiger partial charge is 0.484 e. The van der Waals surface area contributed by atoms with Crippen molar-refractivity contribution in [3.8, 4) is 5.75 Å². The number of benzene rings is 1. The monoisotopic (exact) mass is 352 g/mol. The number of nitrogens with one attached hydrogen (secondary N) is 1. The lowest BCUT2D eigenvalue weighted by molar-refractivity contribution is -0.153. The Balaban J connectivity index is 0.00000264. The summed E-state index contributed by atoms with van der Waals surface area (Å²) in [6.45, 7) is -1.37. The molecule has 1 aromatic rings. The summed E-state index contributed by atoms with van der Waals surface area (Å²) >= 11 is 0. The van der Waals surface area contributed by atoms with E-state index in [0.717, 1.165) is 19.3 Å². The number of hydrogen-bond acceptors (Lipinski definition) is 3. The lowest BCUT2D eigenvalue weighted by Gasteiger charge is -2.31. The second-order valence-electron chi connectivity index (χ2n) is 5.60. The van der Waals surface area contributed by atoms with E-state index < -0.39 is 18.3 Å². The normalized spacial score (nSPS) is 17.0. The minimum absolute atomic E-state index is 0. The predicted molar refractivity (Wildman–Crippen MR) is 83.9 cm³/mol. The van der Waals surface area contributed by atoms with E-state index in [1.807, 2.05) is 0 Å². The van der Waals surface area contributed by atoms with Crippen LogP contribution < -0.4 is 15.8 Å². The maximum Gasteiger partial charge on any atom is 0.422 e. The maximum absolute atomic E-state index is 12.3. The average Bonchev–Trinajstić information content (AvgIpc) is 2.46. The van der Waals surface area contributed by atoms with E-state index in [9.17, 15) is 18.0 Å². The summed E-state index contributed by atoms with van der Waals surface area (Å²) in [5, 5.41) is 2.66. The van der Waals surface area contributed by atoms with Crippen LogP contribution in [0.3, 0.4) is 0 Å². The standard InChI is InChI=1S/C15H19F3N2O2.ClH/c16-15(17,18)10-22-12-6-4-5-11(9-12)20-13(21)14(19)7-2-1-3-8-14;/h4-6,9H,1-3,7-8,10,19H2,(H,20,21);1H. The topological polar surface area (TPSA) is 64.4 Å². The molecule has 4 nitrogen and oxygen atoms in total. The van der Waals surface area contributed by atoms with Crippen LogP contribution in [0.1, 0.15) is 32.1 Å². The van der Waals surface area contributed by atoms with Crippen LogP contribution in [-0.2, 0) is 4.79 Å². The molecule has 1 aromatic carbocycles. The number of nitrogens with two attached hydrogens (primary N) is 1. The van der Waals surface area contributed by atoms with E-state index in [1.54, 1.807) is 6.07 Å². The zero-order valence-corrected chi connectivity index (χ0v) is 13.3. The van der Waals surface area contributed by atoms with Crippen LogP contribution in [-0.4, -0.2) is 24.2 Å². The van der Waals surface area contributed by atoms with Gasteiger partial charge in [0.25, 0.3) is 0 Å². The van der Waals surface area contributed by atoms with Crippen LogP contribution in [0.25, 0.3) is 0 Å². The summed E-state index contributed by atoms with van der Waals surface area (Å²) in [4.78, 5) is 12.3. The molecule has 0 saturated heterocycles. The Bertz CT molecular complexity index is 532. The Kier molecular flexibility index (Phi) is 6.70. The molecule has 8 heteroatoms. The van der Waals surface area contributed by atoms with Gasteiger partial charge in [0.05, 0.1) is 5.54 Å². The van der Waals surface area contributed by atoms with Gasteiger partial charge in [-0.3, -0.25) is 4.79 Å². The van der Waals surface area contributed by atoms with Gasteiger partial charge in [0.1, 0.15) is 5.75 Å². The van der Waals surface area contributed by atoms with Crippen LogP contribution in [0.15, 0.2) is 24.3 Å². The van der Waals surface area contributed by atoms with Gasteiger partial charge < -0.3 is 15.8 Å². The highest BCUT2D eigenvalue weighted by molar-refractivity contribution is 5.98. The van der Waals surface area contributed by atoms with Gasteiger partial charge in [0, 0.05) is 11.8 Å². The lowest BCUT2D eigenvalue weighted by Crippen LogP contribution is -2.52. The van der Waals surface area contributed by atoms with E-state index in [0.29, 0.717) is 18.5 Å². The van der Waals surface area contributed by atoms with Crippen molar-refractivity contribution >= 4 is 24.0 Å². The first-order valence-electron chi connectivity index (χ1n) is 7.18. The highest BCUT2D eigenvalue weighted by atomic mass is 35.5. The molecule has 130 valence electrons. The van der Waals surface area contributed by atoms with Crippen molar-refractivity contribution in [2.45, 2.75) is 43.8 Å². The fraction of sp³-hybridized carbons (Fsp3) is 0.533. The van der Waals surface area contributed by atoms with E-state index in [4.69, 9.17) is 5.73 Å². The number of amides is 1. The minimum Gasteiger partial charge on any atom is -0.484 e. The SMILES string of the molecule is Cl.NC1(C(=O)Nc2cccc(OCC(F)(F)F)c2)CCCCC1. The number of carbonyl (C=O) groups excluding carboxylic acids is 1. The fourth-order valence-corrected chi connectivity index (χ4v) is 2.49. The lowest BCUT2D eigenvalue weighted by atomic mass is 9.82. The zero-order chi connectivity index (χ0) is 16.2. The van der Waals surface area contributed by atoms with Gasteiger partial charge in [-0.1, -0.05) is 25.3 Å². The second-order valence-corrected chi connectivity index (χ2v) is 5.60. The third-order valence-electron chi connectivity index (χ3n) is 3.69. The number of ether oxygens (including phenoxy) is 1. The smallest absolute Gasteiger partial charge is 0.422 e. The molecule has 0 bridgehead atoms. The molecule has 1 amide bonds. The quantitative estimate of drug-likeness (QED) is 0.869. The van der Waals surface area contributed by atoms with E-state index >= 15 is 0 Å². The summed E-state index contributed by atoms with van der Waals surface area (Å²) in [7, 11) is 0. The van der Waals surface area contributed by atoms with Crippen LogP contribution in [0, 0.1) is 0 Å². The third-order valence-corrected chi connectivity index (χ3v) is 3.69. The Morgan fingerprint density at radius 3 is 2.52 bits per heavy atom. The molecule has 0 aliphatic heterocycles. The molecule has 0 unspecified atom stereocenters. The highest BCUT2D eigenvalue weighted by Crippen LogP contribution is 2.28. The second kappa shape index (κ2) is 7.88. The first kappa shape index (κ1) is 19.6. The molecule has 1 aliphatic carbocycles. The molecular weight excluding hydrogens is 333 g/mol. The van der Waals surface area contributed by atoms with E-state index in [2.05, 4.69) is 10.1 Å². The number of carbonyl (C=O) groups is 1. The van der Waals surface area contributed by atoms with Crippen LogP contribution in [0.2, 0.25) is 0 Å². The maximum atomic E-state index is 12.3. The van der Waals surface area contributed by atoms with Gasteiger partial charge in [0.15, 0.2) is 6.61 Å². The highest BCUT2D eigenvalue weighted by Gasteiger charge is 2.35. The van der Waals surface area contributed by atoms with Crippen molar-refractivity contribution in [1.82, 2.24) is 0 Å². The fourth-order valence-electron chi connectivity index (χ4n) is 2.49. The molecule has 1 saturated carbocycles. The first-order chi connectivity index (χ1) is 10.3. The molecule has 0 spiro atoms. The van der Waals surface area contributed by atoms with E-state index in [1.165, 1.54) is 18.2 Å². The number of alkyl halides is 3. The number of hydrogen-bond donors (Lipinski definition) is 2. The molecule has 2 rings (SSSR count). The minimum atomic E-state index is -4.40. The number of rotatable bonds is 4. The molecule has 0 heterocycles. The molecule has 0 atom stereocenters. The van der Waals surface area contributed by atoms with Gasteiger partial charge in [-0.05, 0) is 25.0 Å². The summed E-state index contributed by atoms with van der Waals surface area (Å²) in [6.07, 6.45) is -0.306. The van der Waals surface area contributed by atoms with Crippen LogP contribution in [0.5, 0.6) is 5.75 Å². The van der Waals surface area contributed by atoms with Gasteiger partial charge >= 0.3 is 6.18 Å². The molecule has 23 heavy (non-hydrogen) atoms. The Morgan fingerprint density at radius 1 is 1.26 bits per heavy atom. The van der Waals surface area contributed by atoms with E-state index in [-0.39, 0.29) is 24.1 Å². The van der Waals surface area contributed by atoms with Crippen LogP contribution >= 0.6 is 12.4 Å². The molecule has 1 aliphatic rings. The molecule has 3 N–H and O–H groups in total. The molecule has 0 aromatic heterocycles. The Labute approximate surface area is 139 Å². The van der Waals surface area contributed by atoms with Gasteiger partial charge in [-0.2, -0.15) is 13.2 Å². The van der Waals surface area contributed by atoms with Crippen molar-refractivity contribution in [3.63, 3.8) is 0 Å². The van der Waals surface area contributed by atoms with Crippen molar-refractivity contribution in [1.29, 1.82) is 0 Å². The molecule has 1 fully saturated rings. The summed E-state index contributed by atoms with van der Waals surface area (Å²) in [5.41, 5.74) is 5.59. The van der Waals surface area contributed by atoms with Crippen molar-refractivity contribution in [2.24, 2.45) is 5.73 Å². The van der Waals surface area contributed by atoms with Crippen LogP contribution in [0.4, 0.5) is 18.9 Å². The van der Waals surface area contributed by atoms with Crippen molar-refractivity contribution in [3.05, 3.63) is 24.3 Å². The Hall–Kier alpha value is -1.47. The molecule has 0 radical (unpaired) electrons. The third kappa shape index (κ3) is 5.91. The van der Waals surface area contributed by atoms with Gasteiger partial charge in [-0.15, -0.1) is 12.4 Å². The van der Waals surface area contributed by atoms with Crippen molar-refractivity contribution in [2.75, 3.05) is 11.9 Å². The predicted octanol–water partition coefficient (Wildman–Crippen LogP) is 3.65. The summed E-state index contributed by atoms with van der Waals surface area (Å²) in [5.74, 6) is -0.259. The zero-order valence-electron chi connectivity index (χ0n) is 12.5. The van der Waals surface area contributed by atoms with Gasteiger partial charge in [0.2, 0.25) is 5.91 Å². The Morgan fingerprint density at radius 2 is 1.91 bits per heavy atom. The van der Waals surface area contributed by atoms with Crippen molar-refractivity contribution < 1.29 is 22.7 Å². The average molecular weight is 353 g/mol. The summed E-state index contributed by atoms with van der Waals surface area (Å²) < 4.78 is 41.1. The number of halogens is 4. The molecular formula is C15H20ClF3N2O2. The number of anilines is 1. The van der Waals surface area contributed by atoms with Gasteiger partial charge in [-0.25, -0.2) is 0 Å². The first-order valence-corrected chi connectivity index (χ1v) is 7.18.